The van der Waals surface area contributed by atoms with E-state index < -0.39 is 8.07 Å². The Labute approximate surface area is 128 Å². The first-order valence-corrected chi connectivity index (χ1v) is 9.91. The molecule has 0 unspecified atom stereocenters. The van der Waals surface area contributed by atoms with Gasteiger partial charge in [0.2, 0.25) is 5.78 Å². The predicted molar refractivity (Wildman–Crippen MR) is 88.8 cm³/mol. The van der Waals surface area contributed by atoms with Crippen LogP contribution < -0.4 is 9.47 Å². The van der Waals surface area contributed by atoms with Crippen LogP contribution in [-0.4, -0.2) is 28.1 Å². The summed E-state index contributed by atoms with van der Waals surface area (Å²) in [6, 6.07) is 5.11. The molecule has 0 saturated carbocycles. The minimum absolute atomic E-state index is 0.131. The topological polar surface area (TPSA) is 35.5 Å². The van der Waals surface area contributed by atoms with Crippen molar-refractivity contribution in [1.29, 1.82) is 0 Å². The molecule has 1 aromatic carbocycles. The van der Waals surface area contributed by atoms with E-state index in [9.17, 15) is 4.79 Å². The van der Waals surface area contributed by atoms with E-state index in [1.807, 2.05) is 0 Å². The van der Waals surface area contributed by atoms with E-state index in [2.05, 4.69) is 45.3 Å². The Morgan fingerprint density at radius 2 is 1.52 bits per heavy atom. The van der Waals surface area contributed by atoms with Crippen LogP contribution in [0.5, 0.6) is 11.5 Å². The highest BCUT2D eigenvalue weighted by atomic mass is 28.3. The normalized spacial score (nSPS) is 11.4. The number of rotatable bonds is 3. The van der Waals surface area contributed by atoms with Crippen LogP contribution in [0.3, 0.4) is 0 Å². The summed E-state index contributed by atoms with van der Waals surface area (Å²) >= 11 is 0. The molecule has 0 fully saturated rings. The molecule has 21 heavy (non-hydrogen) atoms. The lowest BCUT2D eigenvalue weighted by atomic mass is 10.1. The maximum Gasteiger partial charge on any atom is 0.235 e. The number of benzene rings is 1. The Hall–Kier alpha value is -1.73. The SMILES string of the molecule is COc1cc(OC)cc(C(=O)C#C[Si](C)(C)C(C)(C)C)c1. The van der Waals surface area contributed by atoms with E-state index in [1.54, 1.807) is 32.4 Å². The summed E-state index contributed by atoms with van der Waals surface area (Å²) in [7, 11) is 1.33. The fourth-order valence-electron chi connectivity index (χ4n) is 1.41. The molecule has 0 spiro atoms. The van der Waals surface area contributed by atoms with Crippen LogP contribution in [0, 0.1) is 11.5 Å². The van der Waals surface area contributed by atoms with Gasteiger partial charge in [0.05, 0.1) is 14.2 Å². The number of carbonyl (C=O) groups is 1. The molecular weight excluding hydrogens is 280 g/mol. The van der Waals surface area contributed by atoms with E-state index in [1.165, 1.54) is 0 Å². The number of hydrogen-bond donors (Lipinski definition) is 0. The van der Waals surface area contributed by atoms with Crippen molar-refractivity contribution in [2.75, 3.05) is 14.2 Å². The molecule has 0 saturated heterocycles. The van der Waals surface area contributed by atoms with Gasteiger partial charge in [-0.05, 0) is 23.1 Å². The molecule has 0 aliphatic carbocycles. The van der Waals surface area contributed by atoms with Crippen molar-refractivity contribution < 1.29 is 14.3 Å². The molecule has 0 aromatic heterocycles. The first kappa shape index (κ1) is 17.3. The van der Waals surface area contributed by atoms with E-state index in [0.717, 1.165) is 0 Å². The monoisotopic (exact) mass is 304 g/mol. The predicted octanol–water partition coefficient (Wildman–Crippen LogP) is 3.94. The molecule has 1 aromatic rings. The number of Topliss-reactive ketones (excluding diaryl/α,β-unsaturated/α-hetero) is 1. The van der Waals surface area contributed by atoms with Crippen LogP contribution in [0.25, 0.3) is 0 Å². The van der Waals surface area contributed by atoms with Crippen LogP contribution in [-0.2, 0) is 0 Å². The van der Waals surface area contributed by atoms with Crippen LogP contribution in [0.2, 0.25) is 18.1 Å². The van der Waals surface area contributed by atoms with Gasteiger partial charge in [0.1, 0.15) is 19.6 Å². The summed E-state index contributed by atoms with van der Waals surface area (Å²) in [6.45, 7) is 10.9. The average Bonchev–Trinajstić information content (AvgIpc) is 2.42. The standard InChI is InChI=1S/C17H24O3Si/c1-17(2,3)21(6,7)9-8-16(18)13-10-14(19-4)12-15(11-13)20-5/h10-12H,1-7H3. The molecule has 1 rings (SSSR count). The third-order valence-corrected chi connectivity index (χ3v) is 8.48. The van der Waals surface area contributed by atoms with Gasteiger partial charge in [0, 0.05) is 11.6 Å². The lowest BCUT2D eigenvalue weighted by Gasteiger charge is -2.31. The lowest BCUT2D eigenvalue weighted by molar-refractivity contribution is 0.105. The second-order valence-electron chi connectivity index (χ2n) is 6.56. The van der Waals surface area contributed by atoms with Gasteiger partial charge in [-0.15, -0.1) is 5.54 Å². The number of carbonyl (C=O) groups excluding carboxylic acids is 1. The first-order valence-electron chi connectivity index (χ1n) is 6.91. The summed E-state index contributed by atoms with van der Waals surface area (Å²) in [4.78, 5) is 12.3. The molecule has 0 N–H and O–H groups in total. The zero-order valence-electron chi connectivity index (χ0n) is 14.0. The molecule has 0 atom stereocenters. The highest BCUT2D eigenvalue weighted by Gasteiger charge is 2.33. The number of ketones is 1. The summed E-state index contributed by atoms with van der Waals surface area (Å²) in [5.41, 5.74) is 3.73. The van der Waals surface area contributed by atoms with Crippen LogP contribution in [0.15, 0.2) is 18.2 Å². The minimum Gasteiger partial charge on any atom is -0.497 e. The van der Waals surface area contributed by atoms with Crippen molar-refractivity contribution in [3.63, 3.8) is 0 Å². The Bertz CT molecular complexity index is 564. The Balaban J connectivity index is 3.12. The Kier molecular flexibility index (Phi) is 5.24. The molecule has 3 nitrogen and oxygen atoms in total. The van der Waals surface area contributed by atoms with Gasteiger partial charge in [-0.25, -0.2) is 0 Å². The van der Waals surface area contributed by atoms with E-state index in [0.29, 0.717) is 17.1 Å². The third kappa shape index (κ3) is 4.37. The zero-order valence-corrected chi connectivity index (χ0v) is 15.0. The van der Waals surface area contributed by atoms with Crippen molar-refractivity contribution >= 4 is 13.9 Å². The molecular formula is C17H24O3Si. The molecule has 0 heterocycles. The van der Waals surface area contributed by atoms with Gasteiger partial charge in [-0.1, -0.05) is 33.9 Å². The van der Waals surface area contributed by atoms with E-state index >= 15 is 0 Å². The molecule has 114 valence electrons. The van der Waals surface area contributed by atoms with E-state index in [4.69, 9.17) is 9.47 Å². The average molecular weight is 304 g/mol. The number of hydrogen-bond acceptors (Lipinski definition) is 3. The van der Waals surface area contributed by atoms with Crippen LogP contribution in [0.1, 0.15) is 31.1 Å². The molecule has 0 radical (unpaired) electrons. The van der Waals surface area contributed by atoms with Crippen LogP contribution in [0.4, 0.5) is 0 Å². The van der Waals surface area contributed by atoms with Gasteiger partial charge in [-0.2, -0.15) is 0 Å². The minimum atomic E-state index is -1.79. The second-order valence-corrected chi connectivity index (χ2v) is 11.6. The fourth-order valence-corrected chi connectivity index (χ4v) is 2.21. The number of methoxy groups -OCH3 is 2. The largest absolute Gasteiger partial charge is 0.497 e. The van der Waals surface area contributed by atoms with Crippen molar-refractivity contribution in [3.8, 4) is 23.0 Å². The van der Waals surface area contributed by atoms with Gasteiger partial charge < -0.3 is 9.47 Å². The van der Waals surface area contributed by atoms with Crippen molar-refractivity contribution in [2.45, 2.75) is 38.9 Å². The molecule has 0 aliphatic heterocycles. The number of ether oxygens (including phenoxy) is 2. The Morgan fingerprint density at radius 1 is 1.05 bits per heavy atom. The molecule has 0 amide bonds. The maximum absolute atomic E-state index is 12.3. The van der Waals surface area contributed by atoms with Gasteiger partial charge in [0.15, 0.2) is 0 Å². The van der Waals surface area contributed by atoms with Crippen molar-refractivity contribution in [1.82, 2.24) is 0 Å². The van der Waals surface area contributed by atoms with Crippen molar-refractivity contribution in [3.05, 3.63) is 23.8 Å². The molecule has 0 bridgehead atoms. The highest BCUT2D eigenvalue weighted by molar-refractivity contribution is 6.87. The second kappa shape index (κ2) is 6.36. The fraction of sp³-hybridized carbons (Fsp3) is 0.471. The third-order valence-electron chi connectivity index (χ3n) is 3.98. The van der Waals surface area contributed by atoms with Crippen molar-refractivity contribution in [2.24, 2.45) is 0 Å². The Morgan fingerprint density at radius 3 is 1.90 bits per heavy atom. The van der Waals surface area contributed by atoms with Gasteiger partial charge in [0.25, 0.3) is 0 Å². The summed E-state index contributed by atoms with van der Waals surface area (Å²) in [5.74, 6) is 3.79. The quantitative estimate of drug-likeness (QED) is 0.482. The summed E-state index contributed by atoms with van der Waals surface area (Å²) in [5, 5.41) is 0.131. The van der Waals surface area contributed by atoms with E-state index in [-0.39, 0.29) is 10.8 Å². The summed E-state index contributed by atoms with van der Waals surface area (Å²) < 4.78 is 10.4. The van der Waals surface area contributed by atoms with Gasteiger partial charge >= 0.3 is 0 Å². The summed E-state index contributed by atoms with van der Waals surface area (Å²) in [6.07, 6.45) is 0. The lowest BCUT2D eigenvalue weighted by Crippen LogP contribution is -2.35. The molecule has 4 heteroatoms. The zero-order chi connectivity index (χ0) is 16.3. The first-order chi connectivity index (χ1) is 9.60. The maximum atomic E-state index is 12.3. The van der Waals surface area contributed by atoms with Crippen LogP contribution >= 0.6 is 0 Å². The van der Waals surface area contributed by atoms with Gasteiger partial charge in [-0.3, -0.25) is 4.79 Å². The molecule has 0 aliphatic rings. The highest BCUT2D eigenvalue weighted by Crippen LogP contribution is 2.35. The smallest absolute Gasteiger partial charge is 0.235 e.